The van der Waals surface area contributed by atoms with Gasteiger partial charge in [-0.05, 0) is 42.7 Å². The Morgan fingerprint density at radius 1 is 1.15 bits per heavy atom. The highest BCUT2D eigenvalue weighted by Gasteiger charge is 2.10. The molecule has 0 atom stereocenters. The molecule has 0 spiro atoms. The van der Waals surface area contributed by atoms with Crippen LogP contribution in [0.3, 0.4) is 0 Å². The van der Waals surface area contributed by atoms with Crippen molar-refractivity contribution in [2.45, 2.75) is 26.9 Å². The molecule has 0 aliphatic carbocycles. The zero-order valence-electron chi connectivity index (χ0n) is 12.1. The van der Waals surface area contributed by atoms with Gasteiger partial charge in [0.05, 0.1) is 10.7 Å². The molecule has 2 aromatic rings. The lowest BCUT2D eigenvalue weighted by Crippen LogP contribution is -2.22. The van der Waals surface area contributed by atoms with Crippen LogP contribution in [-0.4, -0.2) is 6.54 Å². The number of nitrogens with zero attached hydrogens (tertiary/aromatic N) is 1. The molecule has 0 fully saturated rings. The number of hydrogen-bond acceptors (Lipinski definition) is 2. The third-order valence-electron chi connectivity index (χ3n) is 3.59. The van der Waals surface area contributed by atoms with E-state index < -0.39 is 0 Å². The Kier molecular flexibility index (Phi) is 5.05. The zero-order valence-corrected chi connectivity index (χ0v) is 12.8. The molecule has 0 aliphatic heterocycles. The molecule has 2 nitrogen and oxygen atoms in total. The van der Waals surface area contributed by atoms with E-state index in [-0.39, 0.29) is 0 Å². The Morgan fingerprint density at radius 2 is 1.90 bits per heavy atom. The molecule has 0 radical (unpaired) electrons. The molecule has 0 aromatic heterocycles. The molecule has 0 aliphatic rings. The molecule has 0 saturated heterocycles. The highest BCUT2D eigenvalue weighted by Crippen LogP contribution is 2.28. The van der Waals surface area contributed by atoms with Gasteiger partial charge < -0.3 is 10.6 Å². The van der Waals surface area contributed by atoms with Gasteiger partial charge in [0.15, 0.2) is 0 Å². The second-order valence-electron chi connectivity index (χ2n) is 4.93. The van der Waals surface area contributed by atoms with Gasteiger partial charge in [-0.1, -0.05) is 41.9 Å². The fourth-order valence-corrected chi connectivity index (χ4v) is 2.62. The maximum absolute atomic E-state index is 6.39. The Balaban J connectivity index is 2.27. The van der Waals surface area contributed by atoms with E-state index >= 15 is 0 Å². The van der Waals surface area contributed by atoms with Gasteiger partial charge in [0.1, 0.15) is 0 Å². The average Bonchev–Trinajstić information content (AvgIpc) is 2.47. The summed E-state index contributed by atoms with van der Waals surface area (Å²) in [5.41, 5.74) is 10.4. The summed E-state index contributed by atoms with van der Waals surface area (Å²) in [5.74, 6) is 0. The standard InChI is InChI=1S/C17H21ClN2/c1-3-20(12-15-7-5-4-6-13(15)2)17-9-8-14(11-19)10-16(17)18/h4-10H,3,11-12,19H2,1-2H3. The Morgan fingerprint density at radius 3 is 2.50 bits per heavy atom. The van der Waals surface area contributed by atoms with Gasteiger partial charge in [-0.25, -0.2) is 0 Å². The van der Waals surface area contributed by atoms with Crippen molar-refractivity contribution < 1.29 is 0 Å². The molecule has 20 heavy (non-hydrogen) atoms. The molecule has 2 N–H and O–H groups in total. The van der Waals surface area contributed by atoms with Crippen molar-refractivity contribution >= 4 is 17.3 Å². The predicted molar refractivity (Wildman–Crippen MR) is 87.2 cm³/mol. The van der Waals surface area contributed by atoms with E-state index in [1.807, 2.05) is 12.1 Å². The van der Waals surface area contributed by atoms with E-state index in [0.717, 1.165) is 29.4 Å². The Hall–Kier alpha value is -1.51. The molecule has 0 bridgehead atoms. The van der Waals surface area contributed by atoms with Crippen LogP contribution in [0, 0.1) is 6.92 Å². The predicted octanol–water partition coefficient (Wildman–Crippen LogP) is 4.13. The van der Waals surface area contributed by atoms with Crippen LogP contribution in [0.25, 0.3) is 0 Å². The van der Waals surface area contributed by atoms with Gasteiger partial charge in [0.2, 0.25) is 0 Å². The summed E-state index contributed by atoms with van der Waals surface area (Å²) in [6.07, 6.45) is 0. The molecule has 2 aromatic carbocycles. The molecule has 3 heteroatoms. The lowest BCUT2D eigenvalue weighted by molar-refractivity contribution is 0.826. The number of aryl methyl sites for hydroxylation is 1. The van der Waals surface area contributed by atoms with Crippen molar-refractivity contribution in [3.05, 3.63) is 64.2 Å². The smallest absolute Gasteiger partial charge is 0.0642 e. The molecular formula is C17H21ClN2. The topological polar surface area (TPSA) is 29.3 Å². The summed E-state index contributed by atoms with van der Waals surface area (Å²) in [6, 6.07) is 14.5. The molecule has 2 rings (SSSR count). The first-order valence-corrected chi connectivity index (χ1v) is 7.31. The van der Waals surface area contributed by atoms with Crippen LogP contribution in [0.2, 0.25) is 5.02 Å². The first-order chi connectivity index (χ1) is 9.65. The lowest BCUT2D eigenvalue weighted by Gasteiger charge is -2.25. The van der Waals surface area contributed by atoms with Crippen LogP contribution in [0.4, 0.5) is 5.69 Å². The number of benzene rings is 2. The first kappa shape index (κ1) is 14.9. The monoisotopic (exact) mass is 288 g/mol. The van der Waals surface area contributed by atoms with Crippen LogP contribution >= 0.6 is 11.6 Å². The molecule has 0 amide bonds. The van der Waals surface area contributed by atoms with Crippen molar-refractivity contribution in [1.29, 1.82) is 0 Å². The number of hydrogen-bond donors (Lipinski definition) is 1. The molecule has 0 saturated carbocycles. The van der Waals surface area contributed by atoms with Gasteiger partial charge in [-0.15, -0.1) is 0 Å². The zero-order chi connectivity index (χ0) is 14.5. The van der Waals surface area contributed by atoms with Crippen LogP contribution < -0.4 is 10.6 Å². The number of nitrogens with two attached hydrogens (primary N) is 1. The largest absolute Gasteiger partial charge is 0.366 e. The van der Waals surface area contributed by atoms with E-state index in [1.54, 1.807) is 0 Å². The normalized spacial score (nSPS) is 10.6. The number of anilines is 1. The summed E-state index contributed by atoms with van der Waals surface area (Å²) < 4.78 is 0. The maximum Gasteiger partial charge on any atom is 0.0642 e. The van der Waals surface area contributed by atoms with Crippen LogP contribution in [0.5, 0.6) is 0 Å². The van der Waals surface area contributed by atoms with E-state index in [2.05, 4.69) is 49.1 Å². The van der Waals surface area contributed by atoms with Gasteiger partial charge in [0.25, 0.3) is 0 Å². The molecular weight excluding hydrogens is 268 g/mol. The van der Waals surface area contributed by atoms with Crippen molar-refractivity contribution in [2.75, 3.05) is 11.4 Å². The summed E-state index contributed by atoms with van der Waals surface area (Å²) in [4.78, 5) is 2.28. The van der Waals surface area contributed by atoms with Crippen molar-refractivity contribution in [3.8, 4) is 0 Å². The number of rotatable bonds is 5. The summed E-state index contributed by atoms with van der Waals surface area (Å²) in [6.45, 7) is 6.58. The van der Waals surface area contributed by atoms with Crippen LogP contribution in [0.15, 0.2) is 42.5 Å². The van der Waals surface area contributed by atoms with Crippen LogP contribution in [0.1, 0.15) is 23.6 Å². The van der Waals surface area contributed by atoms with Gasteiger partial charge in [-0.3, -0.25) is 0 Å². The average molecular weight is 289 g/mol. The quantitative estimate of drug-likeness (QED) is 0.896. The van der Waals surface area contributed by atoms with Gasteiger partial charge >= 0.3 is 0 Å². The Bertz CT molecular complexity index is 581. The van der Waals surface area contributed by atoms with Gasteiger partial charge in [0, 0.05) is 19.6 Å². The van der Waals surface area contributed by atoms with E-state index in [1.165, 1.54) is 11.1 Å². The summed E-state index contributed by atoms with van der Waals surface area (Å²) >= 11 is 6.39. The summed E-state index contributed by atoms with van der Waals surface area (Å²) in [5, 5.41) is 0.767. The third-order valence-corrected chi connectivity index (χ3v) is 3.90. The first-order valence-electron chi connectivity index (χ1n) is 6.93. The molecule has 106 valence electrons. The lowest BCUT2D eigenvalue weighted by atomic mass is 10.1. The second-order valence-corrected chi connectivity index (χ2v) is 5.34. The fourth-order valence-electron chi connectivity index (χ4n) is 2.29. The highest BCUT2D eigenvalue weighted by atomic mass is 35.5. The number of halogens is 1. The molecule has 0 unspecified atom stereocenters. The minimum Gasteiger partial charge on any atom is -0.366 e. The van der Waals surface area contributed by atoms with Crippen molar-refractivity contribution in [2.24, 2.45) is 5.73 Å². The second kappa shape index (κ2) is 6.78. The maximum atomic E-state index is 6.39. The SMILES string of the molecule is CCN(Cc1ccccc1C)c1ccc(CN)cc1Cl. The van der Waals surface area contributed by atoms with E-state index in [4.69, 9.17) is 17.3 Å². The third kappa shape index (κ3) is 3.33. The molecule has 0 heterocycles. The van der Waals surface area contributed by atoms with Crippen molar-refractivity contribution in [1.82, 2.24) is 0 Å². The summed E-state index contributed by atoms with van der Waals surface area (Å²) in [7, 11) is 0. The fraction of sp³-hybridized carbons (Fsp3) is 0.294. The van der Waals surface area contributed by atoms with Gasteiger partial charge in [-0.2, -0.15) is 0 Å². The Labute approximate surface area is 126 Å². The van der Waals surface area contributed by atoms with Crippen LogP contribution in [-0.2, 0) is 13.1 Å². The van der Waals surface area contributed by atoms with Crippen molar-refractivity contribution in [3.63, 3.8) is 0 Å². The highest BCUT2D eigenvalue weighted by molar-refractivity contribution is 6.33. The van der Waals surface area contributed by atoms with E-state index in [0.29, 0.717) is 6.54 Å². The minimum atomic E-state index is 0.518. The minimum absolute atomic E-state index is 0.518. The van der Waals surface area contributed by atoms with E-state index in [9.17, 15) is 0 Å².